The first kappa shape index (κ1) is 14.0. The van der Waals surface area contributed by atoms with Gasteiger partial charge in [-0.3, -0.25) is 9.69 Å². The third-order valence-corrected chi connectivity index (χ3v) is 3.27. The zero-order valence-corrected chi connectivity index (χ0v) is 11.3. The molecule has 1 amide bonds. The Bertz CT molecular complexity index is 436. The number of anilines is 1. The minimum atomic E-state index is 0.00646. The first-order chi connectivity index (χ1) is 9.19. The maximum Gasteiger partial charge on any atom is 0.238 e. The molecule has 0 aliphatic carbocycles. The number of nitrogens with two attached hydrogens (primary N) is 1. The van der Waals surface area contributed by atoms with Crippen LogP contribution in [0.3, 0.4) is 0 Å². The first-order valence-electron chi connectivity index (χ1n) is 6.58. The SMILES string of the molecule is Cc1ccccc1NC(=O)CN1CCOC(CN)C1. The van der Waals surface area contributed by atoms with Crippen molar-refractivity contribution in [2.45, 2.75) is 13.0 Å². The van der Waals surface area contributed by atoms with Crippen LogP contribution < -0.4 is 11.1 Å². The van der Waals surface area contributed by atoms with Gasteiger partial charge in [0.15, 0.2) is 0 Å². The Balaban J connectivity index is 1.86. The summed E-state index contributed by atoms with van der Waals surface area (Å²) in [5, 5.41) is 2.94. The summed E-state index contributed by atoms with van der Waals surface area (Å²) < 4.78 is 5.48. The summed E-state index contributed by atoms with van der Waals surface area (Å²) in [5.74, 6) is 0.00646. The molecule has 1 unspecified atom stereocenters. The van der Waals surface area contributed by atoms with E-state index in [0.29, 0.717) is 19.7 Å². The fourth-order valence-electron chi connectivity index (χ4n) is 2.17. The van der Waals surface area contributed by atoms with Gasteiger partial charge in [0, 0.05) is 25.3 Å². The molecule has 1 aliphatic heterocycles. The van der Waals surface area contributed by atoms with Crippen molar-refractivity contribution in [3.05, 3.63) is 29.8 Å². The molecular formula is C14H21N3O2. The Hall–Kier alpha value is -1.43. The van der Waals surface area contributed by atoms with E-state index in [2.05, 4.69) is 10.2 Å². The maximum atomic E-state index is 12.0. The number of aryl methyl sites for hydroxylation is 1. The highest BCUT2D eigenvalue weighted by molar-refractivity contribution is 5.92. The maximum absolute atomic E-state index is 12.0. The lowest BCUT2D eigenvalue weighted by Gasteiger charge is -2.31. The van der Waals surface area contributed by atoms with Gasteiger partial charge in [0.1, 0.15) is 0 Å². The predicted molar refractivity (Wildman–Crippen MR) is 75.0 cm³/mol. The second kappa shape index (κ2) is 6.65. The van der Waals surface area contributed by atoms with Gasteiger partial charge in [-0.2, -0.15) is 0 Å². The van der Waals surface area contributed by atoms with Gasteiger partial charge in [-0.15, -0.1) is 0 Å². The second-order valence-corrected chi connectivity index (χ2v) is 4.83. The molecule has 0 aromatic heterocycles. The average Bonchev–Trinajstić information content (AvgIpc) is 2.41. The third-order valence-electron chi connectivity index (χ3n) is 3.27. The van der Waals surface area contributed by atoms with Crippen LogP contribution >= 0.6 is 0 Å². The largest absolute Gasteiger partial charge is 0.374 e. The molecule has 1 saturated heterocycles. The number of benzene rings is 1. The zero-order chi connectivity index (χ0) is 13.7. The van der Waals surface area contributed by atoms with Crippen LogP contribution in [0.5, 0.6) is 0 Å². The lowest BCUT2D eigenvalue weighted by Crippen LogP contribution is -2.48. The van der Waals surface area contributed by atoms with Crippen molar-refractivity contribution < 1.29 is 9.53 Å². The Morgan fingerprint density at radius 3 is 3.05 bits per heavy atom. The van der Waals surface area contributed by atoms with Gasteiger partial charge in [-0.05, 0) is 18.6 Å². The predicted octanol–water partition coefficient (Wildman–Crippen LogP) is 0.593. The molecule has 0 saturated carbocycles. The van der Waals surface area contributed by atoms with Crippen molar-refractivity contribution >= 4 is 11.6 Å². The highest BCUT2D eigenvalue weighted by Gasteiger charge is 2.21. The number of hydrogen-bond donors (Lipinski definition) is 2. The lowest BCUT2D eigenvalue weighted by molar-refractivity contribution is -0.119. The Morgan fingerprint density at radius 2 is 2.32 bits per heavy atom. The molecule has 1 atom stereocenters. The van der Waals surface area contributed by atoms with Crippen LogP contribution in [0, 0.1) is 6.92 Å². The summed E-state index contributed by atoms with van der Waals surface area (Å²) in [7, 11) is 0. The highest BCUT2D eigenvalue weighted by Crippen LogP contribution is 2.13. The van der Waals surface area contributed by atoms with Gasteiger partial charge in [-0.25, -0.2) is 0 Å². The summed E-state index contributed by atoms with van der Waals surface area (Å²) in [6, 6.07) is 7.77. The summed E-state index contributed by atoms with van der Waals surface area (Å²) in [5.41, 5.74) is 7.53. The number of nitrogens with one attached hydrogen (secondary N) is 1. The molecule has 0 bridgehead atoms. The van der Waals surface area contributed by atoms with E-state index in [-0.39, 0.29) is 12.0 Å². The number of nitrogens with zero attached hydrogens (tertiary/aromatic N) is 1. The van der Waals surface area contributed by atoms with Crippen molar-refractivity contribution in [1.29, 1.82) is 0 Å². The average molecular weight is 263 g/mol. The topological polar surface area (TPSA) is 67.6 Å². The van der Waals surface area contributed by atoms with Gasteiger partial charge < -0.3 is 15.8 Å². The Morgan fingerprint density at radius 1 is 1.53 bits per heavy atom. The minimum absolute atomic E-state index is 0.00646. The molecule has 1 aromatic carbocycles. The van der Waals surface area contributed by atoms with E-state index in [4.69, 9.17) is 10.5 Å². The number of morpholine rings is 1. The van der Waals surface area contributed by atoms with Crippen LogP contribution in [0.4, 0.5) is 5.69 Å². The number of carbonyl (C=O) groups is 1. The van der Waals surface area contributed by atoms with Crippen LogP contribution in [-0.2, 0) is 9.53 Å². The van der Waals surface area contributed by atoms with Gasteiger partial charge in [0.2, 0.25) is 5.91 Å². The number of rotatable bonds is 4. The van der Waals surface area contributed by atoms with Crippen LogP contribution in [0.1, 0.15) is 5.56 Å². The van der Waals surface area contributed by atoms with E-state index in [1.807, 2.05) is 31.2 Å². The number of ether oxygens (including phenoxy) is 1. The second-order valence-electron chi connectivity index (χ2n) is 4.83. The van der Waals surface area contributed by atoms with E-state index in [1.165, 1.54) is 0 Å². The molecule has 0 spiro atoms. The number of carbonyl (C=O) groups excluding carboxylic acids is 1. The molecule has 0 radical (unpaired) electrons. The van der Waals surface area contributed by atoms with E-state index in [1.54, 1.807) is 0 Å². The molecule has 104 valence electrons. The van der Waals surface area contributed by atoms with Crippen LogP contribution in [-0.4, -0.2) is 49.7 Å². The Kier molecular flexibility index (Phi) is 4.90. The molecule has 1 aromatic rings. The number of hydrogen-bond acceptors (Lipinski definition) is 4. The lowest BCUT2D eigenvalue weighted by atomic mass is 10.2. The van der Waals surface area contributed by atoms with Crippen molar-refractivity contribution in [3.63, 3.8) is 0 Å². The van der Waals surface area contributed by atoms with E-state index < -0.39 is 0 Å². The highest BCUT2D eigenvalue weighted by atomic mass is 16.5. The quantitative estimate of drug-likeness (QED) is 0.834. The summed E-state index contributed by atoms with van der Waals surface area (Å²) in [6.07, 6.45) is 0.0417. The van der Waals surface area contributed by atoms with Gasteiger partial charge >= 0.3 is 0 Å². The van der Waals surface area contributed by atoms with Crippen LogP contribution in [0.2, 0.25) is 0 Å². The van der Waals surface area contributed by atoms with Crippen LogP contribution in [0.15, 0.2) is 24.3 Å². The molecule has 19 heavy (non-hydrogen) atoms. The summed E-state index contributed by atoms with van der Waals surface area (Å²) in [4.78, 5) is 14.1. The summed E-state index contributed by atoms with van der Waals surface area (Å²) >= 11 is 0. The van der Waals surface area contributed by atoms with E-state index >= 15 is 0 Å². The summed E-state index contributed by atoms with van der Waals surface area (Å²) in [6.45, 7) is 4.99. The third kappa shape index (κ3) is 4.02. The smallest absolute Gasteiger partial charge is 0.238 e. The molecule has 1 fully saturated rings. The van der Waals surface area contributed by atoms with Crippen molar-refractivity contribution in [2.75, 3.05) is 38.1 Å². The Labute approximate surface area is 113 Å². The van der Waals surface area contributed by atoms with Crippen molar-refractivity contribution in [3.8, 4) is 0 Å². The van der Waals surface area contributed by atoms with Crippen LogP contribution in [0.25, 0.3) is 0 Å². The molecule has 1 heterocycles. The van der Waals surface area contributed by atoms with Gasteiger partial charge in [0.05, 0.1) is 19.3 Å². The van der Waals surface area contributed by atoms with Gasteiger partial charge in [0.25, 0.3) is 0 Å². The molecule has 5 nitrogen and oxygen atoms in total. The molecule has 2 rings (SSSR count). The van der Waals surface area contributed by atoms with Gasteiger partial charge in [-0.1, -0.05) is 18.2 Å². The minimum Gasteiger partial charge on any atom is -0.374 e. The molecule has 3 N–H and O–H groups in total. The zero-order valence-electron chi connectivity index (χ0n) is 11.3. The van der Waals surface area contributed by atoms with E-state index in [0.717, 1.165) is 24.3 Å². The molecule has 1 aliphatic rings. The monoisotopic (exact) mass is 263 g/mol. The first-order valence-corrected chi connectivity index (χ1v) is 6.58. The van der Waals surface area contributed by atoms with Crippen molar-refractivity contribution in [1.82, 2.24) is 4.90 Å². The number of para-hydroxylation sites is 1. The van der Waals surface area contributed by atoms with E-state index in [9.17, 15) is 4.79 Å². The van der Waals surface area contributed by atoms with Crippen molar-refractivity contribution in [2.24, 2.45) is 5.73 Å². The number of amides is 1. The fourth-order valence-corrected chi connectivity index (χ4v) is 2.17. The fraction of sp³-hybridized carbons (Fsp3) is 0.500. The molecule has 5 heteroatoms. The normalized spacial score (nSPS) is 20.2. The standard InChI is InChI=1S/C14H21N3O2/c1-11-4-2-3-5-13(11)16-14(18)10-17-6-7-19-12(8-15)9-17/h2-5,12H,6-10,15H2,1H3,(H,16,18). The molecular weight excluding hydrogens is 242 g/mol.